The van der Waals surface area contributed by atoms with Gasteiger partial charge in [0.1, 0.15) is 6.54 Å². The van der Waals surface area contributed by atoms with E-state index in [1.807, 2.05) is 0 Å². The SMILES string of the molecule is CCc1cc2[nH]c(=O)c(=O)[nH]c2c(N(CC(=O)OC)S(C)(=O)=O)c1Cl. The average molecular weight is 390 g/mol. The van der Waals surface area contributed by atoms with E-state index in [2.05, 4.69) is 14.7 Å². The molecule has 1 heterocycles. The summed E-state index contributed by atoms with van der Waals surface area (Å²) in [6, 6.07) is 1.54. The van der Waals surface area contributed by atoms with Crippen LogP contribution >= 0.6 is 11.6 Å². The van der Waals surface area contributed by atoms with Crippen molar-refractivity contribution in [1.82, 2.24) is 9.97 Å². The molecule has 0 saturated heterocycles. The zero-order valence-electron chi connectivity index (χ0n) is 13.7. The molecule has 2 N–H and O–H groups in total. The van der Waals surface area contributed by atoms with Gasteiger partial charge in [-0.3, -0.25) is 18.7 Å². The molecule has 0 amide bonds. The van der Waals surface area contributed by atoms with Crippen LogP contribution in [0.2, 0.25) is 5.02 Å². The number of rotatable bonds is 5. The van der Waals surface area contributed by atoms with Gasteiger partial charge in [-0.05, 0) is 18.1 Å². The third-order valence-corrected chi connectivity index (χ3v) is 5.07. The Kier molecular flexibility index (Phi) is 5.23. The van der Waals surface area contributed by atoms with Crippen molar-refractivity contribution >= 4 is 44.3 Å². The molecule has 136 valence electrons. The van der Waals surface area contributed by atoms with Crippen LogP contribution in [0.5, 0.6) is 0 Å². The van der Waals surface area contributed by atoms with Gasteiger partial charge < -0.3 is 14.7 Å². The van der Waals surface area contributed by atoms with E-state index in [0.29, 0.717) is 12.0 Å². The third-order valence-electron chi connectivity index (χ3n) is 3.54. The Morgan fingerprint density at radius 1 is 1.28 bits per heavy atom. The van der Waals surface area contributed by atoms with E-state index in [1.165, 1.54) is 6.07 Å². The zero-order chi connectivity index (χ0) is 18.9. The lowest BCUT2D eigenvalue weighted by atomic mass is 10.1. The summed E-state index contributed by atoms with van der Waals surface area (Å²) in [5, 5.41) is 0.0482. The van der Waals surface area contributed by atoms with Crippen molar-refractivity contribution in [2.45, 2.75) is 13.3 Å². The molecular weight excluding hydrogens is 374 g/mol. The fourth-order valence-electron chi connectivity index (χ4n) is 2.31. The summed E-state index contributed by atoms with van der Waals surface area (Å²) in [6.45, 7) is 1.14. The Morgan fingerprint density at radius 3 is 2.40 bits per heavy atom. The van der Waals surface area contributed by atoms with E-state index in [-0.39, 0.29) is 21.7 Å². The van der Waals surface area contributed by atoms with Gasteiger partial charge in [0, 0.05) is 0 Å². The number of esters is 1. The molecule has 2 rings (SSSR count). The summed E-state index contributed by atoms with van der Waals surface area (Å²) in [4.78, 5) is 39.6. The van der Waals surface area contributed by atoms with E-state index in [1.54, 1.807) is 6.92 Å². The Bertz CT molecular complexity index is 1060. The lowest BCUT2D eigenvalue weighted by Crippen LogP contribution is -2.37. The summed E-state index contributed by atoms with van der Waals surface area (Å²) in [6.07, 6.45) is 1.32. The Labute approximate surface area is 147 Å². The molecule has 0 atom stereocenters. The number of hydrogen-bond acceptors (Lipinski definition) is 6. The van der Waals surface area contributed by atoms with E-state index in [0.717, 1.165) is 17.7 Å². The quantitative estimate of drug-likeness (QED) is 0.561. The van der Waals surface area contributed by atoms with Gasteiger partial charge in [0.05, 0.1) is 35.1 Å². The maximum atomic E-state index is 12.2. The fourth-order valence-corrected chi connectivity index (χ4v) is 3.60. The van der Waals surface area contributed by atoms with Crippen LogP contribution in [0.1, 0.15) is 12.5 Å². The number of aryl methyl sites for hydroxylation is 1. The molecule has 1 aromatic heterocycles. The monoisotopic (exact) mass is 389 g/mol. The van der Waals surface area contributed by atoms with Crippen molar-refractivity contribution in [1.29, 1.82) is 0 Å². The fraction of sp³-hybridized carbons (Fsp3) is 0.357. The highest BCUT2D eigenvalue weighted by Gasteiger charge is 2.27. The third kappa shape index (κ3) is 3.69. The second kappa shape index (κ2) is 6.89. The highest BCUT2D eigenvalue weighted by molar-refractivity contribution is 7.92. The summed E-state index contributed by atoms with van der Waals surface area (Å²) in [5.74, 6) is -0.816. The first kappa shape index (κ1) is 19.0. The van der Waals surface area contributed by atoms with Crippen molar-refractivity contribution in [2.75, 3.05) is 24.2 Å². The van der Waals surface area contributed by atoms with Gasteiger partial charge >= 0.3 is 17.1 Å². The molecule has 0 bridgehead atoms. The number of anilines is 1. The number of aromatic nitrogens is 2. The second-order valence-electron chi connectivity index (χ2n) is 5.23. The molecule has 0 unspecified atom stereocenters. The van der Waals surface area contributed by atoms with Crippen molar-refractivity contribution in [3.63, 3.8) is 0 Å². The minimum Gasteiger partial charge on any atom is -0.468 e. The van der Waals surface area contributed by atoms with Gasteiger partial charge in [0.25, 0.3) is 0 Å². The molecule has 11 heteroatoms. The molecule has 0 spiro atoms. The van der Waals surface area contributed by atoms with Gasteiger partial charge in [0.15, 0.2) is 0 Å². The normalized spacial score (nSPS) is 11.5. The smallest absolute Gasteiger partial charge is 0.326 e. The molecule has 9 nitrogen and oxygen atoms in total. The summed E-state index contributed by atoms with van der Waals surface area (Å²) in [7, 11) is -2.84. The number of halogens is 1. The molecule has 0 aliphatic carbocycles. The number of fused-ring (bicyclic) bond motifs is 1. The molecule has 1 aromatic carbocycles. The first-order valence-electron chi connectivity index (χ1n) is 7.12. The van der Waals surface area contributed by atoms with Crippen LogP contribution in [-0.2, 0) is 26.0 Å². The predicted molar refractivity (Wildman–Crippen MR) is 93.8 cm³/mol. The van der Waals surface area contributed by atoms with Gasteiger partial charge in [-0.15, -0.1) is 0 Å². The van der Waals surface area contributed by atoms with Crippen LogP contribution in [0.15, 0.2) is 15.7 Å². The standard InChI is InChI=1S/C14H16ClN3O6S/c1-4-7-5-8-11(17-14(21)13(20)16-8)12(10(7)15)18(25(3,22)23)6-9(19)24-2/h5H,4,6H2,1-3H3,(H,16,20)(H,17,21). The zero-order valence-corrected chi connectivity index (χ0v) is 15.2. The number of ether oxygens (including phenoxy) is 1. The molecule has 0 aliphatic heterocycles. The van der Waals surface area contributed by atoms with Crippen LogP contribution in [0.3, 0.4) is 0 Å². The van der Waals surface area contributed by atoms with Crippen LogP contribution in [-0.4, -0.2) is 44.3 Å². The molecular formula is C14H16ClN3O6S. The van der Waals surface area contributed by atoms with E-state index < -0.39 is 33.7 Å². The number of H-pyrrole nitrogens is 2. The number of carbonyl (C=O) groups excluding carboxylic acids is 1. The maximum Gasteiger partial charge on any atom is 0.326 e. The molecule has 0 radical (unpaired) electrons. The molecule has 0 saturated carbocycles. The van der Waals surface area contributed by atoms with Crippen LogP contribution in [0.4, 0.5) is 5.69 Å². The lowest BCUT2D eigenvalue weighted by Gasteiger charge is -2.24. The van der Waals surface area contributed by atoms with Gasteiger partial charge in [-0.1, -0.05) is 18.5 Å². The van der Waals surface area contributed by atoms with Gasteiger partial charge in [-0.25, -0.2) is 8.42 Å². The van der Waals surface area contributed by atoms with Crippen molar-refractivity contribution < 1.29 is 17.9 Å². The first-order chi connectivity index (χ1) is 11.6. The number of aromatic amines is 2. The number of methoxy groups -OCH3 is 1. The molecule has 2 aromatic rings. The van der Waals surface area contributed by atoms with Crippen LogP contribution in [0, 0.1) is 0 Å². The van der Waals surface area contributed by atoms with Crippen molar-refractivity contribution in [3.8, 4) is 0 Å². The maximum absolute atomic E-state index is 12.2. The highest BCUT2D eigenvalue weighted by atomic mass is 35.5. The number of benzene rings is 1. The molecule has 25 heavy (non-hydrogen) atoms. The summed E-state index contributed by atoms with van der Waals surface area (Å²) >= 11 is 6.34. The van der Waals surface area contributed by atoms with E-state index in [4.69, 9.17) is 11.6 Å². The van der Waals surface area contributed by atoms with Crippen molar-refractivity contribution in [3.05, 3.63) is 37.4 Å². The Hall–Kier alpha value is -2.33. The largest absolute Gasteiger partial charge is 0.468 e. The van der Waals surface area contributed by atoms with Crippen LogP contribution in [0.25, 0.3) is 11.0 Å². The topological polar surface area (TPSA) is 129 Å². The van der Waals surface area contributed by atoms with E-state index >= 15 is 0 Å². The minimum absolute atomic E-state index is 0.00104. The molecule has 0 aliphatic rings. The van der Waals surface area contributed by atoms with E-state index in [9.17, 15) is 22.8 Å². The number of nitrogens with one attached hydrogen (secondary N) is 2. The number of nitrogens with zero attached hydrogens (tertiary/aromatic N) is 1. The molecule has 0 fully saturated rings. The van der Waals surface area contributed by atoms with Gasteiger partial charge in [-0.2, -0.15) is 0 Å². The lowest BCUT2D eigenvalue weighted by molar-refractivity contribution is -0.138. The second-order valence-corrected chi connectivity index (χ2v) is 7.51. The van der Waals surface area contributed by atoms with Gasteiger partial charge in [0.2, 0.25) is 10.0 Å². The van der Waals surface area contributed by atoms with Crippen LogP contribution < -0.4 is 15.4 Å². The number of sulfonamides is 1. The highest BCUT2D eigenvalue weighted by Crippen LogP contribution is 2.36. The van der Waals surface area contributed by atoms with Crippen molar-refractivity contribution in [2.24, 2.45) is 0 Å². The average Bonchev–Trinajstić information content (AvgIpc) is 2.53. The number of carbonyl (C=O) groups is 1. The minimum atomic E-state index is -3.95. The Balaban J connectivity index is 2.95. The Morgan fingerprint density at radius 2 is 1.88 bits per heavy atom. The predicted octanol–water partition coefficient (Wildman–Crippen LogP) is 0.371. The first-order valence-corrected chi connectivity index (χ1v) is 9.35. The summed E-state index contributed by atoms with van der Waals surface area (Å²) < 4.78 is 29.7. The number of hydrogen-bond donors (Lipinski definition) is 2. The summed E-state index contributed by atoms with van der Waals surface area (Å²) in [5.41, 5.74) is -1.23.